The molecule has 0 saturated heterocycles. The van der Waals surface area contributed by atoms with Gasteiger partial charge in [0.05, 0.1) is 22.1 Å². The molecule has 1 aromatic rings. The first-order valence-corrected chi connectivity index (χ1v) is 4.87. The van der Waals surface area contributed by atoms with Gasteiger partial charge in [-0.2, -0.15) is 5.06 Å². The molecule has 16 heavy (non-hydrogen) atoms. The Balaban J connectivity index is 0.00000128. The predicted octanol–water partition coefficient (Wildman–Crippen LogP) is 0.0577. The van der Waals surface area contributed by atoms with E-state index >= 15 is 0 Å². The molecule has 1 aliphatic rings. The largest absolute Gasteiger partial charge is 1.00 e. The maximum Gasteiger partial charge on any atom is 1.00 e. The molecular formula is C8H4AlNO5S. The van der Waals surface area contributed by atoms with Crippen molar-refractivity contribution in [2.75, 3.05) is 0 Å². The van der Waals surface area contributed by atoms with Gasteiger partial charge in [0.25, 0.3) is 11.8 Å². The summed E-state index contributed by atoms with van der Waals surface area (Å²) in [6, 6.07) is 5.99. The molecule has 1 heterocycles. The van der Waals surface area contributed by atoms with E-state index in [-0.39, 0.29) is 33.6 Å². The van der Waals surface area contributed by atoms with Gasteiger partial charge in [0, 0.05) is 0 Å². The molecule has 80 valence electrons. The standard InChI is InChI=1S/C8H4NO5S.Al/c10-7-5-3-1-2-4-6(5)8(11)9(7)14-15(12)13;/h1-4H;/q-1;+1. The molecule has 0 saturated carbocycles. The number of amides is 2. The summed E-state index contributed by atoms with van der Waals surface area (Å²) in [5, 5.41) is 0.216. The Morgan fingerprint density at radius 3 is 1.81 bits per heavy atom. The molecule has 0 aromatic heterocycles. The van der Waals surface area contributed by atoms with Crippen LogP contribution < -0.4 is 0 Å². The summed E-state index contributed by atoms with van der Waals surface area (Å²) in [7, 11) is -2.95. The first-order valence-electron chi connectivity index (χ1n) is 3.87. The topological polar surface area (TPSA) is 80.8 Å². The van der Waals surface area contributed by atoms with Gasteiger partial charge >= 0.3 is 17.4 Å². The van der Waals surface area contributed by atoms with Crippen LogP contribution in [0.1, 0.15) is 20.7 Å². The molecule has 0 N–H and O–H groups in total. The number of hydroxylamine groups is 2. The van der Waals surface area contributed by atoms with Crippen LogP contribution in [0.4, 0.5) is 0 Å². The van der Waals surface area contributed by atoms with Crippen LogP contribution in [0.25, 0.3) is 0 Å². The molecule has 0 spiro atoms. The maximum absolute atomic E-state index is 11.4. The predicted molar refractivity (Wildman–Crippen MR) is 52.5 cm³/mol. The second kappa shape index (κ2) is 4.76. The van der Waals surface area contributed by atoms with E-state index in [0.29, 0.717) is 0 Å². The molecule has 2 rings (SSSR count). The van der Waals surface area contributed by atoms with E-state index in [4.69, 9.17) is 0 Å². The molecule has 8 heteroatoms. The maximum atomic E-state index is 11.4. The Bertz CT molecular complexity index is 484. The number of hydrogen-bond acceptors (Lipinski definition) is 6. The molecule has 2 radical (unpaired) electrons. The average Bonchev–Trinajstić information content (AvgIpc) is 2.44. The van der Waals surface area contributed by atoms with Crippen molar-refractivity contribution in [3.8, 4) is 0 Å². The quantitative estimate of drug-likeness (QED) is 0.423. The Labute approximate surface area is 103 Å². The first kappa shape index (κ1) is 12.9. The zero-order valence-electron chi connectivity index (χ0n) is 7.78. The van der Waals surface area contributed by atoms with Crippen LogP contribution in [0.15, 0.2) is 24.3 Å². The summed E-state index contributed by atoms with van der Waals surface area (Å²) in [6.07, 6.45) is 0. The number of benzene rings is 1. The normalized spacial score (nSPS) is 13.9. The van der Waals surface area contributed by atoms with Crippen LogP contribution in [0.5, 0.6) is 0 Å². The van der Waals surface area contributed by atoms with E-state index in [2.05, 4.69) is 4.28 Å². The van der Waals surface area contributed by atoms with Crippen LogP contribution in [-0.2, 0) is 23.7 Å². The minimum absolute atomic E-state index is 0. The van der Waals surface area contributed by atoms with Gasteiger partial charge in [-0.3, -0.25) is 13.9 Å². The van der Waals surface area contributed by atoms with Crippen molar-refractivity contribution in [3.05, 3.63) is 35.4 Å². The number of hydrogen-bond donors (Lipinski definition) is 0. The summed E-state index contributed by atoms with van der Waals surface area (Å²) in [5.41, 5.74) is 0.265. The summed E-state index contributed by atoms with van der Waals surface area (Å²) >= 11 is 0. The minimum Gasteiger partial charge on any atom is -0.395 e. The number of carbonyl (C=O) groups is 2. The third kappa shape index (κ3) is 2.01. The van der Waals surface area contributed by atoms with Crippen molar-refractivity contribution < 1.29 is 22.3 Å². The van der Waals surface area contributed by atoms with Gasteiger partial charge < -0.3 is 8.42 Å². The molecule has 1 aromatic carbocycles. The van der Waals surface area contributed by atoms with Crippen molar-refractivity contribution in [1.82, 2.24) is 5.06 Å². The Hall–Kier alpha value is -1.20. The fourth-order valence-electron chi connectivity index (χ4n) is 1.30. The number of nitrogens with zero attached hydrogens (tertiary/aromatic N) is 1. The van der Waals surface area contributed by atoms with Crippen LogP contribution >= 0.6 is 0 Å². The van der Waals surface area contributed by atoms with Gasteiger partial charge in [-0.25, -0.2) is 0 Å². The Morgan fingerprint density at radius 1 is 1.00 bits per heavy atom. The third-order valence-electron chi connectivity index (χ3n) is 1.89. The first-order chi connectivity index (χ1) is 7.11. The summed E-state index contributed by atoms with van der Waals surface area (Å²) in [5.74, 6) is -1.56. The molecule has 0 atom stereocenters. The van der Waals surface area contributed by atoms with E-state index in [0.717, 1.165) is 0 Å². The molecule has 6 nitrogen and oxygen atoms in total. The van der Waals surface area contributed by atoms with Gasteiger partial charge in [0.2, 0.25) is 0 Å². The van der Waals surface area contributed by atoms with Crippen molar-refractivity contribution >= 4 is 40.2 Å². The number of carbonyl (C=O) groups excluding carboxylic acids is 2. The second-order valence-electron chi connectivity index (χ2n) is 2.73. The zero-order chi connectivity index (χ0) is 11.0. The van der Waals surface area contributed by atoms with Crippen LogP contribution in [0, 0.1) is 0 Å². The monoisotopic (exact) mass is 253 g/mol. The summed E-state index contributed by atoms with van der Waals surface area (Å²) < 4.78 is 24.5. The van der Waals surface area contributed by atoms with E-state index in [1.54, 1.807) is 12.1 Å². The van der Waals surface area contributed by atoms with Gasteiger partial charge in [-0.1, -0.05) is 12.1 Å². The van der Waals surface area contributed by atoms with Crippen molar-refractivity contribution in [1.29, 1.82) is 0 Å². The second-order valence-corrected chi connectivity index (χ2v) is 3.29. The number of rotatable bonds is 2. The molecule has 0 unspecified atom stereocenters. The molecule has 1 aliphatic heterocycles. The molecule has 0 bridgehead atoms. The van der Waals surface area contributed by atoms with E-state index in [1.165, 1.54) is 12.1 Å². The summed E-state index contributed by atoms with van der Waals surface area (Å²) in [4.78, 5) is 22.9. The van der Waals surface area contributed by atoms with Crippen molar-refractivity contribution in [2.45, 2.75) is 0 Å². The molecule has 0 fully saturated rings. The Morgan fingerprint density at radius 2 is 1.44 bits per heavy atom. The zero-order valence-corrected chi connectivity index (χ0v) is 9.75. The van der Waals surface area contributed by atoms with E-state index < -0.39 is 22.8 Å². The van der Waals surface area contributed by atoms with Crippen molar-refractivity contribution in [2.24, 2.45) is 0 Å². The van der Waals surface area contributed by atoms with Gasteiger partial charge in [-0.15, -0.1) is 0 Å². The van der Waals surface area contributed by atoms with Crippen LogP contribution in [-0.4, -0.2) is 34.2 Å². The Kier molecular flexibility index (Phi) is 3.83. The number of fused-ring (bicyclic) bond motifs is 1. The van der Waals surface area contributed by atoms with Crippen molar-refractivity contribution in [3.63, 3.8) is 0 Å². The van der Waals surface area contributed by atoms with E-state index in [9.17, 15) is 18.0 Å². The minimum atomic E-state index is -2.95. The van der Waals surface area contributed by atoms with Gasteiger partial charge in [0.1, 0.15) is 0 Å². The van der Waals surface area contributed by atoms with Crippen LogP contribution in [0.3, 0.4) is 0 Å². The number of imide groups is 1. The third-order valence-corrected chi connectivity index (χ3v) is 2.16. The smallest absolute Gasteiger partial charge is 0.395 e. The van der Waals surface area contributed by atoms with E-state index in [1.807, 2.05) is 0 Å². The SMILES string of the molecule is O=C1c2ccccc2C(=O)N1O[S-](=O)=O.[Al+]. The van der Waals surface area contributed by atoms with Gasteiger partial charge in [-0.05, 0) is 12.1 Å². The van der Waals surface area contributed by atoms with Crippen LogP contribution in [0.2, 0.25) is 0 Å². The molecule has 0 aliphatic carbocycles. The summed E-state index contributed by atoms with van der Waals surface area (Å²) in [6.45, 7) is 0. The average molecular weight is 253 g/mol. The molecule has 2 amide bonds. The fourth-order valence-corrected chi connectivity index (χ4v) is 1.55. The molecular weight excluding hydrogens is 249 g/mol. The fraction of sp³-hybridized carbons (Fsp3) is 0. The van der Waals surface area contributed by atoms with Gasteiger partial charge in [0.15, 0.2) is 0 Å².